The monoisotopic (exact) mass is 594 g/mol. The van der Waals surface area contributed by atoms with Gasteiger partial charge < -0.3 is 16.0 Å². The minimum Gasteiger partial charge on any atom is -0.353 e. The summed E-state index contributed by atoms with van der Waals surface area (Å²) in [5, 5.41) is 8.96. The maximum atomic E-state index is 13.5. The molecule has 4 rings (SSSR count). The van der Waals surface area contributed by atoms with Crippen LogP contribution in [0.1, 0.15) is 67.0 Å². The van der Waals surface area contributed by atoms with E-state index in [9.17, 15) is 31.2 Å². The van der Waals surface area contributed by atoms with E-state index in [0.29, 0.717) is 18.4 Å². The van der Waals surface area contributed by atoms with Crippen LogP contribution in [0.4, 0.5) is 13.2 Å². The van der Waals surface area contributed by atoms with Crippen LogP contribution in [0, 0.1) is 12.8 Å². The lowest BCUT2D eigenvalue weighted by molar-refractivity contribution is -0.138. The van der Waals surface area contributed by atoms with Gasteiger partial charge in [-0.1, -0.05) is 38.1 Å². The van der Waals surface area contributed by atoms with Gasteiger partial charge >= 0.3 is 6.18 Å². The molecule has 1 fully saturated rings. The topological polar surface area (TPSA) is 108 Å². The van der Waals surface area contributed by atoms with Gasteiger partial charge in [0.15, 0.2) is 0 Å². The van der Waals surface area contributed by atoms with E-state index in [-0.39, 0.29) is 24.7 Å². The Morgan fingerprint density at radius 3 is 2.63 bits per heavy atom. The number of halogens is 3. The number of alkyl halides is 3. The largest absolute Gasteiger partial charge is 0.416 e. The van der Waals surface area contributed by atoms with Crippen molar-refractivity contribution in [2.24, 2.45) is 5.92 Å². The number of carbonyl (C=O) groups excluding carboxylic acids is 2. The molecule has 224 valence electrons. The summed E-state index contributed by atoms with van der Waals surface area (Å²) in [4.78, 5) is 25.4. The molecule has 0 aromatic heterocycles. The van der Waals surface area contributed by atoms with Crippen LogP contribution in [-0.4, -0.2) is 50.2 Å². The Hall–Kier alpha value is -2.96. The molecule has 2 atom stereocenters. The maximum absolute atomic E-state index is 13.5. The number of benzene rings is 2. The smallest absolute Gasteiger partial charge is 0.353 e. The molecule has 0 radical (unpaired) electrons. The van der Waals surface area contributed by atoms with Crippen LogP contribution in [0.25, 0.3) is 0 Å². The van der Waals surface area contributed by atoms with Crippen molar-refractivity contribution in [1.29, 1.82) is 0 Å². The number of hydrogen-bond acceptors (Lipinski definition) is 5. The molecule has 0 unspecified atom stereocenters. The first-order valence-electron chi connectivity index (χ1n) is 13.9. The number of carbonyl (C=O) groups is 2. The summed E-state index contributed by atoms with van der Waals surface area (Å²) in [6.45, 7) is 7.00. The molecule has 2 aromatic carbocycles. The maximum Gasteiger partial charge on any atom is 0.416 e. The van der Waals surface area contributed by atoms with E-state index in [4.69, 9.17) is 0 Å². The molecule has 3 N–H and O–H groups in total. The molecule has 41 heavy (non-hydrogen) atoms. The van der Waals surface area contributed by atoms with Crippen LogP contribution in [-0.2, 0) is 38.8 Å². The molecular formula is C29H37F3N4O4S. The molecule has 2 aliphatic rings. The minimum absolute atomic E-state index is 0.0153. The number of hydrogen-bond donors (Lipinski definition) is 3. The number of piperazine rings is 1. The van der Waals surface area contributed by atoms with Crippen LogP contribution < -0.4 is 16.0 Å². The van der Waals surface area contributed by atoms with Crippen molar-refractivity contribution >= 4 is 21.8 Å². The van der Waals surface area contributed by atoms with Crippen LogP contribution >= 0.6 is 0 Å². The predicted octanol–water partition coefficient (Wildman–Crippen LogP) is 3.83. The predicted molar refractivity (Wildman–Crippen MR) is 148 cm³/mol. The van der Waals surface area contributed by atoms with Gasteiger partial charge in [-0.15, -0.1) is 0 Å². The summed E-state index contributed by atoms with van der Waals surface area (Å²) in [7, 11) is -4.50. The van der Waals surface area contributed by atoms with E-state index in [1.165, 1.54) is 6.92 Å². The lowest BCUT2D eigenvalue weighted by atomic mass is 9.86. The quantitative estimate of drug-likeness (QED) is 0.409. The Kier molecular flexibility index (Phi) is 9.45. The summed E-state index contributed by atoms with van der Waals surface area (Å²) in [5.74, 6) is -0.632. The zero-order chi connectivity index (χ0) is 29.9. The fourth-order valence-corrected chi connectivity index (χ4v) is 7.05. The lowest BCUT2D eigenvalue weighted by Crippen LogP contribution is -2.58. The van der Waals surface area contributed by atoms with Gasteiger partial charge in [-0.05, 0) is 73.0 Å². The molecule has 2 amide bonds. The summed E-state index contributed by atoms with van der Waals surface area (Å²) >= 11 is 0. The van der Waals surface area contributed by atoms with Crippen molar-refractivity contribution < 1.29 is 31.2 Å². The number of nitrogens with one attached hydrogen (secondary N) is 3. The third-order valence-electron chi connectivity index (χ3n) is 7.52. The van der Waals surface area contributed by atoms with Crippen molar-refractivity contribution in [1.82, 2.24) is 20.3 Å². The number of nitrogens with zero attached hydrogens (tertiary/aromatic N) is 1. The highest BCUT2D eigenvalue weighted by Gasteiger charge is 2.41. The second kappa shape index (κ2) is 12.5. The van der Waals surface area contributed by atoms with Crippen molar-refractivity contribution in [3.05, 3.63) is 64.2 Å². The van der Waals surface area contributed by atoms with Crippen LogP contribution in [0.2, 0.25) is 0 Å². The molecule has 0 saturated carbocycles. The molecule has 1 aliphatic heterocycles. The Morgan fingerprint density at radius 2 is 1.93 bits per heavy atom. The Balaban J connectivity index is 1.49. The van der Waals surface area contributed by atoms with Crippen molar-refractivity contribution in [2.45, 2.75) is 76.2 Å². The fraction of sp³-hybridized carbons (Fsp3) is 0.517. The number of rotatable bonds is 9. The van der Waals surface area contributed by atoms with E-state index in [2.05, 4.69) is 35.9 Å². The van der Waals surface area contributed by atoms with E-state index < -0.39 is 50.9 Å². The molecule has 1 saturated heterocycles. The average Bonchev–Trinajstić information content (AvgIpc) is 2.89. The molecule has 0 spiro atoms. The van der Waals surface area contributed by atoms with Gasteiger partial charge in [-0.2, -0.15) is 17.5 Å². The highest BCUT2D eigenvalue weighted by atomic mass is 32.2. The lowest BCUT2D eigenvalue weighted by Gasteiger charge is -2.34. The average molecular weight is 595 g/mol. The van der Waals surface area contributed by atoms with Gasteiger partial charge in [0.2, 0.25) is 21.8 Å². The Labute approximate surface area is 239 Å². The summed E-state index contributed by atoms with van der Waals surface area (Å²) in [6.07, 6.45) is -2.75. The Morgan fingerprint density at radius 1 is 1.17 bits per heavy atom. The second-order valence-corrected chi connectivity index (χ2v) is 13.1. The minimum atomic E-state index is -4.74. The highest BCUT2D eigenvalue weighted by Crippen LogP contribution is 2.35. The number of amides is 2. The van der Waals surface area contributed by atoms with E-state index in [1.54, 1.807) is 0 Å². The fourth-order valence-electron chi connectivity index (χ4n) is 5.44. The standard InChI is InChI=1S/C29H37F3N4O4S/c1-18(2)16-33-17-20-8-10-23-21(13-20)5-4-6-25(23)35-27(37)15-26-28(38)34-11-12-36(26)41(39,40)22-9-7-19(3)24(14-22)29(30,31)32/h7-10,13-14,18,25-26,33H,4-6,11-12,15-17H2,1-3H3,(H,34,38)(H,35,37)/t25-,26+/m1/s1. The zero-order valence-electron chi connectivity index (χ0n) is 23.5. The van der Waals surface area contributed by atoms with Crippen molar-refractivity contribution in [3.8, 4) is 0 Å². The van der Waals surface area contributed by atoms with E-state index >= 15 is 0 Å². The molecular weight excluding hydrogens is 557 g/mol. The molecule has 12 heteroatoms. The van der Waals surface area contributed by atoms with Gasteiger partial charge in [0, 0.05) is 19.6 Å². The number of fused-ring (bicyclic) bond motifs is 1. The number of aryl methyl sites for hydroxylation is 2. The third kappa shape index (κ3) is 7.28. The summed E-state index contributed by atoms with van der Waals surface area (Å²) in [5.41, 5.74) is 2.11. The van der Waals surface area contributed by atoms with Crippen LogP contribution in [0.3, 0.4) is 0 Å². The third-order valence-corrected chi connectivity index (χ3v) is 9.42. The van der Waals surface area contributed by atoms with Crippen LogP contribution in [0.15, 0.2) is 41.3 Å². The van der Waals surface area contributed by atoms with Gasteiger partial charge in [-0.25, -0.2) is 8.42 Å². The first kappa shape index (κ1) is 31.0. The van der Waals surface area contributed by atoms with Gasteiger partial charge in [0.05, 0.1) is 22.9 Å². The number of sulfonamides is 1. The molecule has 0 bridgehead atoms. The SMILES string of the molecule is Cc1ccc(S(=O)(=O)N2CCNC(=O)[C@@H]2CC(=O)N[C@@H]2CCCc3cc(CNCC(C)C)ccc32)cc1C(F)(F)F. The summed E-state index contributed by atoms with van der Waals surface area (Å²) in [6, 6.07) is 7.26. The molecule has 1 heterocycles. The van der Waals surface area contributed by atoms with Gasteiger partial charge in [-0.3, -0.25) is 9.59 Å². The first-order chi connectivity index (χ1) is 19.3. The first-order valence-corrected chi connectivity index (χ1v) is 15.3. The Bertz CT molecular complexity index is 1390. The van der Waals surface area contributed by atoms with Gasteiger partial charge in [0.25, 0.3) is 0 Å². The molecule has 1 aliphatic carbocycles. The van der Waals surface area contributed by atoms with E-state index in [0.717, 1.165) is 59.1 Å². The second-order valence-electron chi connectivity index (χ2n) is 11.2. The van der Waals surface area contributed by atoms with Crippen molar-refractivity contribution in [3.63, 3.8) is 0 Å². The molecule has 2 aromatic rings. The van der Waals surface area contributed by atoms with Gasteiger partial charge in [0.1, 0.15) is 6.04 Å². The zero-order valence-corrected chi connectivity index (χ0v) is 24.3. The normalized spacial score (nSPS) is 20.0. The summed E-state index contributed by atoms with van der Waals surface area (Å²) < 4.78 is 68.2. The van der Waals surface area contributed by atoms with Crippen molar-refractivity contribution in [2.75, 3.05) is 19.6 Å². The van der Waals surface area contributed by atoms with E-state index in [1.807, 2.05) is 12.1 Å². The highest BCUT2D eigenvalue weighted by molar-refractivity contribution is 7.89. The van der Waals surface area contributed by atoms with Crippen LogP contribution in [0.5, 0.6) is 0 Å². The molecule has 8 nitrogen and oxygen atoms in total.